The van der Waals surface area contributed by atoms with Crippen molar-refractivity contribution in [2.45, 2.75) is 36.6 Å². The van der Waals surface area contributed by atoms with E-state index < -0.39 is 10.0 Å². The number of nitrogens with zero attached hydrogens (tertiary/aromatic N) is 1. The van der Waals surface area contributed by atoms with E-state index in [-0.39, 0.29) is 23.3 Å². The molecule has 1 aromatic rings. The number of piperidine rings is 1. The molecule has 1 amide bonds. The maximum absolute atomic E-state index is 12.7. The number of nitrogens with one attached hydrogen (secondary N) is 1. The number of carbonyl (C=O) groups excluding carboxylic acids is 1. The molecule has 1 unspecified atom stereocenters. The second-order valence-corrected chi connectivity index (χ2v) is 8.31. The maximum atomic E-state index is 12.7. The molecule has 7 heteroatoms. The van der Waals surface area contributed by atoms with Crippen LogP contribution in [0.25, 0.3) is 0 Å². The highest BCUT2D eigenvalue weighted by Gasteiger charge is 2.35. The summed E-state index contributed by atoms with van der Waals surface area (Å²) < 4.78 is 26.7. The van der Waals surface area contributed by atoms with Crippen LogP contribution in [0.2, 0.25) is 5.02 Å². The van der Waals surface area contributed by atoms with Gasteiger partial charge in [-0.15, -0.1) is 0 Å². The molecule has 3 rings (SSSR count). The van der Waals surface area contributed by atoms with Gasteiger partial charge in [-0.3, -0.25) is 4.79 Å². The molecular weight excluding hydrogens is 324 g/mol. The van der Waals surface area contributed by atoms with Crippen molar-refractivity contribution in [2.75, 3.05) is 13.1 Å². The van der Waals surface area contributed by atoms with Gasteiger partial charge in [-0.1, -0.05) is 11.6 Å². The highest BCUT2D eigenvalue weighted by Crippen LogP contribution is 2.26. The average Bonchev–Trinajstić information content (AvgIpc) is 3.32. The van der Waals surface area contributed by atoms with E-state index in [1.54, 1.807) is 12.1 Å². The Balaban J connectivity index is 1.72. The Kier molecular flexibility index (Phi) is 4.43. The summed E-state index contributed by atoms with van der Waals surface area (Å²) in [6, 6.07) is 6.44. The van der Waals surface area contributed by atoms with Crippen molar-refractivity contribution in [3.8, 4) is 0 Å². The van der Waals surface area contributed by atoms with Gasteiger partial charge in [0.05, 0.1) is 10.8 Å². The van der Waals surface area contributed by atoms with Gasteiger partial charge in [0.15, 0.2) is 0 Å². The lowest BCUT2D eigenvalue weighted by Gasteiger charge is -2.31. The first-order valence-corrected chi connectivity index (χ1v) is 9.35. The molecule has 2 aliphatic rings. The fourth-order valence-corrected chi connectivity index (χ4v) is 4.33. The third-order valence-corrected chi connectivity index (χ3v) is 6.26. The van der Waals surface area contributed by atoms with Crippen molar-refractivity contribution >= 4 is 27.5 Å². The van der Waals surface area contributed by atoms with Gasteiger partial charge >= 0.3 is 0 Å². The number of halogens is 1. The summed E-state index contributed by atoms with van der Waals surface area (Å²) in [4.78, 5) is 12.4. The molecule has 1 heterocycles. The molecule has 0 bridgehead atoms. The fourth-order valence-electron chi connectivity index (χ4n) is 2.68. The van der Waals surface area contributed by atoms with Crippen LogP contribution in [-0.2, 0) is 14.8 Å². The van der Waals surface area contributed by atoms with Gasteiger partial charge < -0.3 is 5.32 Å². The zero-order chi connectivity index (χ0) is 15.7. The van der Waals surface area contributed by atoms with Gasteiger partial charge in [0.2, 0.25) is 15.9 Å². The van der Waals surface area contributed by atoms with Crippen LogP contribution in [0.15, 0.2) is 29.2 Å². The molecule has 1 saturated carbocycles. The molecule has 120 valence electrons. The van der Waals surface area contributed by atoms with Crippen LogP contribution in [0, 0.1) is 5.92 Å². The van der Waals surface area contributed by atoms with Crippen molar-refractivity contribution in [2.24, 2.45) is 5.92 Å². The summed E-state index contributed by atoms with van der Waals surface area (Å²) >= 11 is 5.81. The topological polar surface area (TPSA) is 66.5 Å². The predicted octanol–water partition coefficient (Wildman–Crippen LogP) is 2.02. The van der Waals surface area contributed by atoms with Crippen LogP contribution in [-0.4, -0.2) is 37.8 Å². The number of benzene rings is 1. The Hall–Kier alpha value is -1.11. The summed E-state index contributed by atoms with van der Waals surface area (Å²) in [6.45, 7) is 0.710. The second kappa shape index (κ2) is 6.18. The van der Waals surface area contributed by atoms with E-state index in [1.807, 2.05) is 0 Å². The van der Waals surface area contributed by atoms with Crippen molar-refractivity contribution in [3.63, 3.8) is 0 Å². The minimum Gasteiger partial charge on any atom is -0.353 e. The van der Waals surface area contributed by atoms with E-state index in [1.165, 1.54) is 16.4 Å². The van der Waals surface area contributed by atoms with Crippen molar-refractivity contribution in [3.05, 3.63) is 29.3 Å². The SMILES string of the molecule is O=C(NC1CC1)C1CCCN(S(=O)(=O)c2ccc(Cl)cc2)C1. The van der Waals surface area contributed by atoms with E-state index in [9.17, 15) is 13.2 Å². The summed E-state index contributed by atoms with van der Waals surface area (Å²) in [7, 11) is -3.56. The Morgan fingerprint density at radius 2 is 1.86 bits per heavy atom. The highest BCUT2D eigenvalue weighted by molar-refractivity contribution is 7.89. The fraction of sp³-hybridized carbons (Fsp3) is 0.533. The summed E-state index contributed by atoms with van der Waals surface area (Å²) in [5.41, 5.74) is 0. The lowest BCUT2D eigenvalue weighted by molar-refractivity contribution is -0.126. The molecule has 5 nitrogen and oxygen atoms in total. The van der Waals surface area contributed by atoms with Crippen molar-refractivity contribution in [1.29, 1.82) is 0 Å². The van der Waals surface area contributed by atoms with Gasteiger partial charge in [-0.25, -0.2) is 8.42 Å². The molecule has 0 radical (unpaired) electrons. The monoisotopic (exact) mass is 342 g/mol. The molecule has 22 heavy (non-hydrogen) atoms. The Labute approximate surface area is 135 Å². The first-order valence-electron chi connectivity index (χ1n) is 7.53. The first kappa shape index (κ1) is 15.8. The Morgan fingerprint density at radius 1 is 1.18 bits per heavy atom. The molecule has 1 aromatic carbocycles. The summed E-state index contributed by atoms with van der Waals surface area (Å²) in [5.74, 6) is -0.269. The molecule has 1 aliphatic carbocycles. The van der Waals surface area contributed by atoms with Crippen molar-refractivity contribution < 1.29 is 13.2 Å². The average molecular weight is 343 g/mol. The number of hydrogen-bond donors (Lipinski definition) is 1. The van der Waals surface area contributed by atoms with Crippen LogP contribution in [0.3, 0.4) is 0 Å². The standard InChI is InChI=1S/C15H19ClN2O3S/c16-12-3-7-14(8-4-12)22(20,21)18-9-1-2-11(10-18)15(19)17-13-5-6-13/h3-4,7-8,11,13H,1-2,5-6,9-10H2,(H,17,19). The van der Waals surface area contributed by atoms with Crippen LogP contribution in [0.4, 0.5) is 0 Å². The van der Waals surface area contributed by atoms with Crippen molar-refractivity contribution in [1.82, 2.24) is 9.62 Å². The number of sulfonamides is 1. The maximum Gasteiger partial charge on any atom is 0.243 e. The molecular formula is C15H19ClN2O3S. The largest absolute Gasteiger partial charge is 0.353 e. The number of rotatable bonds is 4. The number of hydrogen-bond acceptors (Lipinski definition) is 3. The summed E-state index contributed by atoms with van der Waals surface area (Å²) in [5, 5.41) is 3.46. The number of carbonyl (C=O) groups is 1. The molecule has 1 N–H and O–H groups in total. The van der Waals surface area contributed by atoms with Crippen LogP contribution in [0.1, 0.15) is 25.7 Å². The van der Waals surface area contributed by atoms with E-state index >= 15 is 0 Å². The third kappa shape index (κ3) is 3.45. The number of amides is 1. The van der Waals surface area contributed by atoms with Gasteiger partial charge in [0.25, 0.3) is 0 Å². The minimum absolute atomic E-state index is 0.0153. The molecule has 2 fully saturated rings. The molecule has 1 saturated heterocycles. The van der Waals surface area contributed by atoms with E-state index in [2.05, 4.69) is 5.32 Å². The van der Waals surface area contributed by atoms with Gasteiger partial charge in [0, 0.05) is 24.2 Å². The zero-order valence-corrected chi connectivity index (χ0v) is 13.7. The molecule has 0 spiro atoms. The lowest BCUT2D eigenvalue weighted by atomic mass is 9.99. The quantitative estimate of drug-likeness (QED) is 0.910. The molecule has 1 aliphatic heterocycles. The summed E-state index contributed by atoms with van der Waals surface area (Å²) in [6.07, 6.45) is 3.51. The molecule has 1 atom stereocenters. The zero-order valence-electron chi connectivity index (χ0n) is 12.2. The van der Waals surface area contributed by atoms with E-state index in [0.29, 0.717) is 24.0 Å². The third-order valence-electron chi connectivity index (χ3n) is 4.13. The second-order valence-electron chi connectivity index (χ2n) is 5.94. The van der Waals surface area contributed by atoms with Gasteiger partial charge in [-0.05, 0) is 49.9 Å². The smallest absolute Gasteiger partial charge is 0.243 e. The molecule has 0 aromatic heterocycles. The lowest BCUT2D eigenvalue weighted by Crippen LogP contribution is -2.45. The van der Waals surface area contributed by atoms with Crippen LogP contribution in [0.5, 0.6) is 0 Å². The highest BCUT2D eigenvalue weighted by atomic mass is 35.5. The minimum atomic E-state index is -3.56. The Bertz CT molecular complexity index is 656. The Morgan fingerprint density at radius 3 is 2.50 bits per heavy atom. The first-order chi connectivity index (χ1) is 10.5. The van der Waals surface area contributed by atoms with Crippen LogP contribution < -0.4 is 5.32 Å². The predicted molar refractivity (Wildman–Crippen MR) is 84.1 cm³/mol. The van der Waals surface area contributed by atoms with Crippen LogP contribution >= 0.6 is 11.6 Å². The normalized spacial score (nSPS) is 23.2. The van der Waals surface area contributed by atoms with E-state index in [0.717, 1.165) is 19.3 Å². The van der Waals surface area contributed by atoms with Gasteiger partial charge in [-0.2, -0.15) is 4.31 Å². The van der Waals surface area contributed by atoms with E-state index in [4.69, 9.17) is 11.6 Å². The van der Waals surface area contributed by atoms with Gasteiger partial charge in [0.1, 0.15) is 0 Å².